The van der Waals surface area contributed by atoms with Crippen molar-refractivity contribution in [1.82, 2.24) is 0 Å². The fourth-order valence-corrected chi connectivity index (χ4v) is 1.00. The summed E-state index contributed by atoms with van der Waals surface area (Å²) < 4.78 is 0. The highest BCUT2D eigenvalue weighted by molar-refractivity contribution is 5.87. The third-order valence-corrected chi connectivity index (χ3v) is 2.71. The zero-order chi connectivity index (χ0) is 10.6. The van der Waals surface area contributed by atoms with E-state index in [9.17, 15) is 9.59 Å². The summed E-state index contributed by atoms with van der Waals surface area (Å²) in [6.07, 6.45) is 0.397. The van der Waals surface area contributed by atoms with Crippen LogP contribution in [-0.4, -0.2) is 11.6 Å². The van der Waals surface area contributed by atoms with E-state index in [0.29, 0.717) is 12.3 Å². The van der Waals surface area contributed by atoms with Crippen molar-refractivity contribution in [3.05, 3.63) is 0 Å². The molecule has 0 unspecified atom stereocenters. The van der Waals surface area contributed by atoms with E-state index in [1.54, 1.807) is 0 Å². The molecule has 0 aliphatic heterocycles. The van der Waals surface area contributed by atoms with Crippen LogP contribution < -0.4 is 0 Å². The summed E-state index contributed by atoms with van der Waals surface area (Å²) in [7, 11) is 0. The molecule has 0 aromatic rings. The van der Waals surface area contributed by atoms with Crippen LogP contribution in [-0.2, 0) is 9.59 Å². The summed E-state index contributed by atoms with van der Waals surface area (Å²) in [6, 6.07) is 0. The molecule has 0 rings (SSSR count). The number of ketones is 2. The maximum absolute atomic E-state index is 11.5. The minimum absolute atomic E-state index is 0. The summed E-state index contributed by atoms with van der Waals surface area (Å²) >= 11 is 0. The van der Waals surface area contributed by atoms with E-state index in [1.807, 2.05) is 27.7 Å². The molecule has 0 aromatic carbocycles. The average Bonchev–Trinajstić information content (AvgIpc) is 2.02. The second-order valence-corrected chi connectivity index (χ2v) is 4.21. The lowest BCUT2D eigenvalue weighted by atomic mass is 9.88. The molecule has 2 heteroatoms. The Morgan fingerprint density at radius 1 is 1.15 bits per heavy atom. The lowest BCUT2D eigenvalue weighted by Gasteiger charge is -2.15. The maximum Gasteiger partial charge on any atom is 0.136 e. The van der Waals surface area contributed by atoms with Crippen molar-refractivity contribution < 1.29 is 12.4 Å². The first-order valence-corrected chi connectivity index (χ1v) is 4.89. The molecule has 0 aliphatic carbocycles. The molecule has 0 saturated carbocycles. The van der Waals surface area contributed by atoms with Gasteiger partial charge in [-0.25, -0.2) is 0 Å². The van der Waals surface area contributed by atoms with Gasteiger partial charge in [-0.15, -0.1) is 0 Å². The van der Waals surface area contributed by atoms with Gasteiger partial charge >= 0.3 is 0 Å². The van der Waals surface area contributed by atoms with Crippen molar-refractivity contribution in [1.29, 1.82) is 0 Å². The predicted octanol–water partition coefficient (Wildman–Crippen LogP) is 2.95. The van der Waals surface area contributed by atoms with E-state index in [0.717, 1.165) is 0 Å². The summed E-state index contributed by atoms with van der Waals surface area (Å²) in [5.74, 6) is 0.629. The van der Waals surface area contributed by atoms with Gasteiger partial charge < -0.3 is 0 Å². The lowest BCUT2D eigenvalue weighted by Crippen LogP contribution is -2.21. The Morgan fingerprint density at radius 3 is 1.92 bits per heavy atom. The molecule has 13 heavy (non-hydrogen) atoms. The van der Waals surface area contributed by atoms with Crippen LogP contribution in [0, 0.1) is 17.8 Å². The van der Waals surface area contributed by atoms with E-state index in [-0.39, 0.29) is 26.3 Å². The topological polar surface area (TPSA) is 34.1 Å². The minimum atomic E-state index is -0.117. The van der Waals surface area contributed by atoms with E-state index in [2.05, 4.69) is 0 Å². The Hall–Kier alpha value is -0.660. The molecule has 0 N–H and O–H groups in total. The monoisotopic (exact) mass is 188 g/mol. The molecule has 0 saturated heterocycles. The fraction of sp³-hybridized carbons (Fsp3) is 0.818. The predicted molar refractivity (Wildman–Crippen MR) is 57.7 cm³/mol. The largest absolute Gasteiger partial charge is 0.300 e. The van der Waals surface area contributed by atoms with E-state index >= 15 is 0 Å². The van der Waals surface area contributed by atoms with Crippen LogP contribution in [0.4, 0.5) is 0 Å². The maximum atomic E-state index is 11.5. The van der Waals surface area contributed by atoms with Gasteiger partial charge in [-0.05, 0) is 12.8 Å². The zero-order valence-corrected chi connectivity index (χ0v) is 9.26. The van der Waals surface area contributed by atoms with Crippen LogP contribution in [0.3, 0.4) is 0 Å². The third-order valence-electron chi connectivity index (χ3n) is 2.71. The van der Waals surface area contributed by atoms with Gasteiger partial charge in [0.1, 0.15) is 11.6 Å². The van der Waals surface area contributed by atoms with Gasteiger partial charge in [-0.1, -0.05) is 27.7 Å². The average molecular weight is 188 g/mol. The number of hydrogen-bond donors (Lipinski definition) is 0. The Kier molecular flexibility index (Phi) is 4.89. The Bertz CT molecular complexity index is 203. The Labute approximate surface area is 83.7 Å². The van der Waals surface area contributed by atoms with Crippen molar-refractivity contribution in [2.45, 2.75) is 41.0 Å². The number of carbonyl (C=O) groups is 2. The molecule has 0 amide bonds. The van der Waals surface area contributed by atoms with Gasteiger partial charge in [0.25, 0.3) is 0 Å². The second-order valence-electron chi connectivity index (χ2n) is 4.21. The summed E-state index contributed by atoms with van der Waals surface area (Å²) in [6.45, 7) is 9.34. The lowest BCUT2D eigenvalue weighted by molar-refractivity contribution is -0.128. The molecule has 2 atom stereocenters. The molecule has 2 nitrogen and oxygen atoms in total. The van der Waals surface area contributed by atoms with Gasteiger partial charge in [0, 0.05) is 21.1 Å². The summed E-state index contributed by atoms with van der Waals surface area (Å²) in [4.78, 5) is 22.5. The number of rotatable bonds is 5. The highest BCUT2D eigenvalue weighted by atomic mass is 16.1. The second kappa shape index (κ2) is 5.15. The van der Waals surface area contributed by atoms with Crippen molar-refractivity contribution in [2.75, 3.05) is 0 Å². The molecule has 0 spiro atoms. The van der Waals surface area contributed by atoms with Crippen LogP contribution in [0.15, 0.2) is 0 Å². The smallest absolute Gasteiger partial charge is 0.136 e. The first kappa shape index (κ1) is 12.3. The van der Waals surface area contributed by atoms with Crippen LogP contribution in [0.5, 0.6) is 0 Å². The van der Waals surface area contributed by atoms with Crippen LogP contribution in [0.1, 0.15) is 43.9 Å². The molecule has 0 aromatic heterocycles. The molecule has 0 heterocycles. The van der Waals surface area contributed by atoms with Crippen molar-refractivity contribution >= 4 is 11.6 Å². The van der Waals surface area contributed by atoms with E-state index in [1.165, 1.54) is 6.92 Å². The van der Waals surface area contributed by atoms with Gasteiger partial charge in [-0.2, -0.15) is 0 Å². The number of hydrogen-bond acceptors (Lipinski definition) is 2. The molecular weight excluding hydrogens is 164 g/mol. The van der Waals surface area contributed by atoms with E-state index < -0.39 is 0 Å². The first-order valence-electron chi connectivity index (χ1n) is 4.89. The number of carbonyl (C=O) groups excluding carboxylic acids is 2. The van der Waals surface area contributed by atoms with Gasteiger partial charge in [0.2, 0.25) is 0 Å². The van der Waals surface area contributed by atoms with Crippen LogP contribution >= 0.6 is 0 Å². The Morgan fingerprint density at radius 2 is 1.62 bits per heavy atom. The standard InChI is InChI=1S/C11H20O2.2H2/c1-7(2)9(4)11(13)6-8(3)10(5)12;;/h7-9H,6H2,1-5H3;2*1H/t8-,9+;;/m1../s1. The van der Waals surface area contributed by atoms with E-state index in [4.69, 9.17) is 0 Å². The van der Waals surface area contributed by atoms with Crippen LogP contribution in [0.25, 0.3) is 0 Å². The quantitative estimate of drug-likeness (QED) is 0.664. The van der Waals surface area contributed by atoms with Crippen molar-refractivity contribution in [2.24, 2.45) is 17.8 Å². The van der Waals surface area contributed by atoms with Gasteiger partial charge in [0.05, 0.1) is 0 Å². The minimum Gasteiger partial charge on any atom is -0.300 e. The molecule has 0 radical (unpaired) electrons. The first-order chi connectivity index (χ1) is 5.86. The van der Waals surface area contributed by atoms with Gasteiger partial charge in [0.15, 0.2) is 0 Å². The summed E-state index contributed by atoms with van der Waals surface area (Å²) in [5, 5.41) is 0. The molecule has 0 fully saturated rings. The molecular formula is C11H24O2. The highest BCUT2D eigenvalue weighted by Gasteiger charge is 2.20. The zero-order valence-electron chi connectivity index (χ0n) is 9.26. The SMILES string of the molecule is CC(=O)[C@H](C)CC(=O)[C@@H](C)C(C)C.[HH].[HH]. The van der Waals surface area contributed by atoms with Crippen molar-refractivity contribution in [3.8, 4) is 0 Å². The third kappa shape index (κ3) is 4.20. The Balaban J connectivity index is -0.000000720. The fourth-order valence-electron chi connectivity index (χ4n) is 1.00. The molecule has 0 bridgehead atoms. The molecule has 80 valence electrons. The normalized spacial score (nSPS) is 15.5. The van der Waals surface area contributed by atoms with Crippen LogP contribution in [0.2, 0.25) is 0 Å². The summed E-state index contributed by atoms with van der Waals surface area (Å²) in [5.41, 5.74) is 0. The number of Topliss-reactive ketones (excluding diaryl/α,β-unsaturated/α-hetero) is 2. The van der Waals surface area contributed by atoms with Gasteiger partial charge in [-0.3, -0.25) is 9.59 Å². The molecule has 0 aliphatic rings. The van der Waals surface area contributed by atoms with Crippen molar-refractivity contribution in [3.63, 3.8) is 0 Å². The highest BCUT2D eigenvalue weighted by Crippen LogP contribution is 2.16.